The first-order valence-corrected chi connectivity index (χ1v) is 12.0. The third-order valence-electron chi connectivity index (χ3n) is 6.15. The second kappa shape index (κ2) is 10.8. The first-order valence-electron chi connectivity index (χ1n) is 12.0. The largest absolute Gasteiger partial charge is 0.490 e. The predicted octanol–water partition coefficient (Wildman–Crippen LogP) is 3.71. The normalized spacial score (nSPS) is 14.7. The number of aliphatic carboxylic acids is 1. The number of amidine groups is 1. The molecule has 2 N–H and O–H groups in total. The van der Waals surface area contributed by atoms with Crippen molar-refractivity contribution in [3.05, 3.63) is 46.8 Å². The molecular formula is C26H30FN3O6. The van der Waals surface area contributed by atoms with Crippen LogP contribution in [0.2, 0.25) is 0 Å². The Kier molecular flexibility index (Phi) is 7.61. The Morgan fingerprint density at radius 1 is 1.06 bits per heavy atom. The van der Waals surface area contributed by atoms with Crippen molar-refractivity contribution in [3.8, 4) is 17.2 Å². The highest BCUT2D eigenvalue weighted by Crippen LogP contribution is 2.39. The van der Waals surface area contributed by atoms with Crippen LogP contribution in [0.25, 0.3) is 0 Å². The van der Waals surface area contributed by atoms with Crippen molar-refractivity contribution in [2.45, 2.75) is 33.2 Å². The van der Waals surface area contributed by atoms with E-state index in [1.165, 1.54) is 11.0 Å². The maximum atomic E-state index is 15.3. The molecule has 0 aromatic heterocycles. The van der Waals surface area contributed by atoms with Gasteiger partial charge in [0.15, 0.2) is 29.7 Å². The number of carboxylic acid groups (broad SMARTS) is 1. The number of carbonyl (C=O) groups excluding carboxylic acids is 1. The Morgan fingerprint density at radius 2 is 1.78 bits per heavy atom. The van der Waals surface area contributed by atoms with Crippen molar-refractivity contribution in [3.63, 3.8) is 0 Å². The number of anilines is 1. The number of fused-ring (bicyclic) bond motifs is 1. The molecule has 2 aromatic carbocycles. The van der Waals surface area contributed by atoms with E-state index in [-0.39, 0.29) is 48.4 Å². The van der Waals surface area contributed by atoms with E-state index < -0.39 is 18.4 Å². The number of hydrogen-bond acceptors (Lipinski definition) is 7. The molecule has 2 aliphatic rings. The van der Waals surface area contributed by atoms with Crippen LogP contribution in [-0.4, -0.2) is 67.0 Å². The number of nitrogens with zero attached hydrogens (tertiary/aromatic N) is 2. The molecule has 10 heteroatoms. The fraction of sp³-hybridized carbons (Fsp3) is 0.423. The van der Waals surface area contributed by atoms with Crippen LogP contribution in [0.5, 0.6) is 17.2 Å². The van der Waals surface area contributed by atoms with E-state index in [0.29, 0.717) is 23.5 Å². The molecule has 0 saturated carbocycles. The molecule has 2 aliphatic heterocycles. The van der Waals surface area contributed by atoms with Crippen LogP contribution in [0.3, 0.4) is 0 Å². The van der Waals surface area contributed by atoms with E-state index in [1.807, 2.05) is 0 Å². The van der Waals surface area contributed by atoms with E-state index in [1.54, 1.807) is 32.0 Å². The Labute approximate surface area is 208 Å². The molecule has 0 amide bonds. The summed E-state index contributed by atoms with van der Waals surface area (Å²) in [5, 5.41) is 17.5. The molecule has 4 rings (SSSR count). The molecule has 1 fully saturated rings. The van der Waals surface area contributed by atoms with Gasteiger partial charge in [0.2, 0.25) is 0 Å². The Morgan fingerprint density at radius 3 is 2.44 bits per heavy atom. The van der Waals surface area contributed by atoms with Gasteiger partial charge in [-0.15, -0.1) is 0 Å². The number of nitrogens with one attached hydrogen (secondary N) is 1. The van der Waals surface area contributed by atoms with E-state index in [0.717, 1.165) is 31.6 Å². The predicted molar refractivity (Wildman–Crippen MR) is 131 cm³/mol. The molecule has 192 valence electrons. The molecule has 0 radical (unpaired) electrons. The van der Waals surface area contributed by atoms with E-state index in [2.05, 4.69) is 4.90 Å². The topological polar surface area (TPSA) is 112 Å². The van der Waals surface area contributed by atoms with Gasteiger partial charge in [0.1, 0.15) is 11.6 Å². The molecule has 0 bridgehead atoms. The molecule has 0 unspecified atom stereocenters. The monoisotopic (exact) mass is 499 g/mol. The lowest BCUT2D eigenvalue weighted by molar-refractivity contribution is -0.139. The lowest BCUT2D eigenvalue weighted by Gasteiger charge is -2.21. The summed E-state index contributed by atoms with van der Waals surface area (Å²) < 4.78 is 31.7. The summed E-state index contributed by atoms with van der Waals surface area (Å²) in [6.07, 6.45) is 2.07. The number of ether oxygens (including phenoxy) is 3. The summed E-state index contributed by atoms with van der Waals surface area (Å²) in [5.41, 5.74) is 1.78. The molecule has 0 atom stereocenters. The number of carboxylic acids is 1. The Balaban J connectivity index is 1.58. The standard InChI is InChI=1S/C26H30FN3O6/c1-3-34-21-11-17-13-30(26(28)23(17)24(27)25(21)35-4-2)14-20(31)16-9-18(29-7-5-6-8-29)12-19(10-16)36-15-22(32)33/h9-12,28H,3-8,13-15H2,1-2H3,(H,32,33). The number of hydrogen-bond donors (Lipinski definition) is 2. The minimum Gasteiger partial charge on any atom is -0.490 e. The van der Waals surface area contributed by atoms with Crippen molar-refractivity contribution < 1.29 is 33.3 Å². The second-order valence-electron chi connectivity index (χ2n) is 8.64. The van der Waals surface area contributed by atoms with Crippen LogP contribution in [0.15, 0.2) is 24.3 Å². The lowest BCUT2D eigenvalue weighted by atomic mass is 10.1. The zero-order valence-corrected chi connectivity index (χ0v) is 20.4. The molecule has 36 heavy (non-hydrogen) atoms. The van der Waals surface area contributed by atoms with Gasteiger partial charge in [0, 0.05) is 37.0 Å². The quantitative estimate of drug-likeness (QED) is 0.450. The number of ketones is 1. The van der Waals surface area contributed by atoms with Gasteiger partial charge in [-0.05, 0) is 50.5 Å². The summed E-state index contributed by atoms with van der Waals surface area (Å²) in [7, 11) is 0. The third kappa shape index (κ3) is 5.22. The highest BCUT2D eigenvalue weighted by molar-refractivity contribution is 6.06. The number of benzene rings is 2. The van der Waals surface area contributed by atoms with Gasteiger partial charge in [-0.25, -0.2) is 9.18 Å². The highest BCUT2D eigenvalue weighted by atomic mass is 19.1. The molecular weight excluding hydrogens is 469 g/mol. The minimum absolute atomic E-state index is 0.0328. The summed E-state index contributed by atoms with van der Waals surface area (Å²) in [6.45, 7) is 5.29. The fourth-order valence-electron chi connectivity index (χ4n) is 4.55. The van der Waals surface area contributed by atoms with Crippen molar-refractivity contribution >= 4 is 23.3 Å². The van der Waals surface area contributed by atoms with Crippen molar-refractivity contribution in [1.82, 2.24) is 4.90 Å². The van der Waals surface area contributed by atoms with Gasteiger partial charge >= 0.3 is 5.97 Å². The van der Waals surface area contributed by atoms with Crippen LogP contribution in [0.4, 0.5) is 10.1 Å². The fourth-order valence-corrected chi connectivity index (χ4v) is 4.55. The molecule has 2 aromatic rings. The van der Waals surface area contributed by atoms with Crippen molar-refractivity contribution in [1.29, 1.82) is 5.41 Å². The zero-order valence-electron chi connectivity index (χ0n) is 20.4. The van der Waals surface area contributed by atoms with Gasteiger partial charge in [-0.1, -0.05) is 0 Å². The number of carbonyl (C=O) groups is 2. The Bertz CT molecular complexity index is 1180. The average Bonchev–Trinajstić information content (AvgIpc) is 3.49. The lowest BCUT2D eigenvalue weighted by Crippen LogP contribution is -2.30. The smallest absolute Gasteiger partial charge is 0.341 e. The number of rotatable bonds is 11. The number of Topliss-reactive ketones (excluding diaryl/α,β-unsaturated/α-hetero) is 1. The van der Waals surface area contributed by atoms with Crippen molar-refractivity contribution in [2.75, 3.05) is 44.4 Å². The SMILES string of the molecule is CCOc1cc2c(c(F)c1OCC)C(=N)N(CC(=O)c1cc(OCC(=O)O)cc(N3CCCC3)c1)C2. The van der Waals surface area contributed by atoms with Gasteiger partial charge < -0.3 is 29.1 Å². The maximum absolute atomic E-state index is 15.3. The zero-order chi connectivity index (χ0) is 25.8. The second-order valence-corrected chi connectivity index (χ2v) is 8.64. The van der Waals surface area contributed by atoms with Gasteiger partial charge in [0.25, 0.3) is 0 Å². The van der Waals surface area contributed by atoms with Crippen LogP contribution in [0, 0.1) is 11.2 Å². The van der Waals surface area contributed by atoms with Crippen LogP contribution < -0.4 is 19.1 Å². The summed E-state index contributed by atoms with van der Waals surface area (Å²) in [4.78, 5) is 27.9. The van der Waals surface area contributed by atoms with Gasteiger partial charge in [-0.2, -0.15) is 0 Å². The van der Waals surface area contributed by atoms with Crippen LogP contribution in [0.1, 0.15) is 48.2 Å². The summed E-state index contributed by atoms with van der Waals surface area (Å²) in [5.74, 6) is -1.64. The van der Waals surface area contributed by atoms with Crippen LogP contribution >= 0.6 is 0 Å². The van der Waals surface area contributed by atoms with E-state index in [9.17, 15) is 9.59 Å². The van der Waals surface area contributed by atoms with E-state index in [4.69, 9.17) is 24.7 Å². The molecule has 1 saturated heterocycles. The molecule has 0 spiro atoms. The van der Waals surface area contributed by atoms with Gasteiger partial charge in [0.05, 0.1) is 25.3 Å². The van der Waals surface area contributed by atoms with Gasteiger partial charge in [-0.3, -0.25) is 10.2 Å². The Hall–Kier alpha value is -3.82. The molecule has 0 aliphatic carbocycles. The summed E-state index contributed by atoms with van der Waals surface area (Å²) in [6, 6.07) is 6.67. The first kappa shape index (κ1) is 25.3. The minimum atomic E-state index is -1.11. The molecule has 2 heterocycles. The molecule has 9 nitrogen and oxygen atoms in total. The average molecular weight is 500 g/mol. The summed E-state index contributed by atoms with van der Waals surface area (Å²) >= 11 is 0. The van der Waals surface area contributed by atoms with Crippen LogP contribution in [-0.2, 0) is 11.3 Å². The maximum Gasteiger partial charge on any atom is 0.341 e. The third-order valence-corrected chi connectivity index (χ3v) is 6.15. The van der Waals surface area contributed by atoms with Crippen molar-refractivity contribution in [2.24, 2.45) is 0 Å². The first-order chi connectivity index (χ1) is 17.3. The number of halogens is 1. The highest BCUT2D eigenvalue weighted by Gasteiger charge is 2.33. The van der Waals surface area contributed by atoms with E-state index >= 15 is 4.39 Å².